The second kappa shape index (κ2) is 40.4. The number of rotatable bonds is 38. The van der Waals surface area contributed by atoms with Crippen LogP contribution in [0.2, 0.25) is 0 Å². The lowest BCUT2D eigenvalue weighted by Crippen LogP contribution is -2.29. The molecule has 0 aliphatic carbocycles. The molecule has 0 aliphatic heterocycles. The maximum absolute atomic E-state index is 12.6. The first-order valence-electron chi connectivity index (χ1n) is 21.2. The number of hydrogen-bond acceptors (Lipinski definition) is 9. The molecule has 0 aliphatic rings. The summed E-state index contributed by atoms with van der Waals surface area (Å²) in [6.45, 7) is 3.39. The van der Waals surface area contributed by atoms with E-state index in [9.17, 15) is 24.2 Å². The van der Waals surface area contributed by atoms with Crippen LogP contribution in [-0.4, -0.2) is 60.5 Å². The van der Waals surface area contributed by atoms with E-state index in [0.717, 1.165) is 77.0 Å². The minimum absolute atomic E-state index is 0.0321. The van der Waals surface area contributed by atoms with Gasteiger partial charge in [-0.3, -0.25) is 18.6 Å². The van der Waals surface area contributed by atoms with Crippen molar-refractivity contribution in [3.05, 3.63) is 85.1 Å². The molecule has 4 N–H and O–H groups in total. The highest BCUT2D eigenvalue weighted by Gasteiger charge is 2.26. The van der Waals surface area contributed by atoms with Crippen LogP contribution in [0.4, 0.5) is 0 Å². The number of unbranched alkanes of at least 4 members (excludes halogenated alkanes) is 11. The predicted octanol–water partition coefficient (Wildman–Crippen LogP) is 11.0. The van der Waals surface area contributed by atoms with Crippen molar-refractivity contribution in [3.63, 3.8) is 0 Å². The normalized spacial score (nSPS) is 14.7. The van der Waals surface area contributed by atoms with Gasteiger partial charge < -0.3 is 25.2 Å². The van der Waals surface area contributed by atoms with Gasteiger partial charge in [0.1, 0.15) is 6.61 Å². The summed E-state index contributed by atoms with van der Waals surface area (Å²) >= 11 is 0. The van der Waals surface area contributed by atoms with Gasteiger partial charge in [0.15, 0.2) is 6.10 Å². The van der Waals surface area contributed by atoms with Gasteiger partial charge in [-0.25, -0.2) is 4.57 Å². The van der Waals surface area contributed by atoms with E-state index in [2.05, 4.69) is 68.5 Å². The molecule has 0 amide bonds. The van der Waals surface area contributed by atoms with Gasteiger partial charge in [-0.15, -0.1) is 0 Å². The summed E-state index contributed by atoms with van der Waals surface area (Å²) in [5.41, 5.74) is 5.34. The van der Waals surface area contributed by atoms with E-state index >= 15 is 0 Å². The zero-order valence-electron chi connectivity index (χ0n) is 34.7. The number of ether oxygens (including phenoxy) is 2. The first-order chi connectivity index (χ1) is 27.2. The monoisotopic (exact) mass is 806 g/mol. The van der Waals surface area contributed by atoms with Crippen molar-refractivity contribution in [3.8, 4) is 0 Å². The molecule has 0 saturated carbocycles. The number of aliphatic hydroxyl groups is 1. The van der Waals surface area contributed by atoms with Crippen molar-refractivity contribution in [2.45, 2.75) is 161 Å². The Labute approximate surface area is 339 Å². The average Bonchev–Trinajstić information content (AvgIpc) is 3.18. The fourth-order valence-corrected chi connectivity index (χ4v) is 5.95. The van der Waals surface area contributed by atoms with E-state index in [4.69, 9.17) is 24.3 Å². The van der Waals surface area contributed by atoms with Crippen LogP contribution in [-0.2, 0) is 32.7 Å². The fourth-order valence-electron chi connectivity index (χ4n) is 5.18. The number of esters is 2. The van der Waals surface area contributed by atoms with Crippen LogP contribution >= 0.6 is 7.82 Å². The zero-order chi connectivity index (χ0) is 41.2. The van der Waals surface area contributed by atoms with Crippen LogP contribution in [0, 0.1) is 0 Å². The molecular weight excluding hydrogens is 729 g/mol. The van der Waals surface area contributed by atoms with Gasteiger partial charge in [-0.2, -0.15) is 0 Å². The number of phosphoric acid groups is 1. The summed E-state index contributed by atoms with van der Waals surface area (Å²) in [7, 11) is -4.41. The number of carbonyl (C=O) groups excluding carboxylic acids is 2. The lowest BCUT2D eigenvalue weighted by Gasteiger charge is -2.19. The van der Waals surface area contributed by atoms with Crippen LogP contribution in [0.1, 0.15) is 149 Å². The second-order valence-corrected chi connectivity index (χ2v) is 15.1. The Kier molecular flexibility index (Phi) is 38.3. The van der Waals surface area contributed by atoms with Crippen molar-refractivity contribution in [2.24, 2.45) is 5.73 Å². The molecule has 0 saturated heterocycles. The summed E-state index contributed by atoms with van der Waals surface area (Å²) in [6.07, 6.45) is 46.5. The molecule has 0 aromatic rings. The fraction of sp³-hybridized carbons (Fsp3) is 0.644. The Morgan fingerprint density at radius 2 is 1.20 bits per heavy atom. The lowest BCUT2D eigenvalue weighted by molar-refractivity contribution is -0.161. The van der Waals surface area contributed by atoms with Gasteiger partial charge in [0.25, 0.3) is 0 Å². The molecule has 0 rings (SSSR count). The second-order valence-electron chi connectivity index (χ2n) is 13.7. The topological polar surface area (TPSA) is 155 Å². The lowest BCUT2D eigenvalue weighted by atomic mass is 10.1. The standard InChI is InChI=1S/C45H76NO9P/c1-3-5-7-8-9-10-11-12-13-14-15-16-17-18-19-22-26-29-33-37-45(49)55-43(41-54-56(50,51)53-39-38-46)40-52-44(48)36-32-28-25-23-20-21-24-27-31-35-42(47)34-30-6-4-2/h6,9-10,12-13,15-16,18-19,24,27,30-31,35,42-43,47H,3-5,7-8,11,14,17,20-23,25-26,28-29,32-34,36-41,46H2,1-2H3,(H,50,51)/b10-9-,13-12-,16-15-,19-18-,27-24+,30-6+,35-31+/t42?,43-/m1/s1. The molecule has 0 fully saturated rings. The van der Waals surface area contributed by atoms with Crippen molar-refractivity contribution in [1.82, 2.24) is 0 Å². The summed E-state index contributed by atoms with van der Waals surface area (Å²) in [4.78, 5) is 34.8. The average molecular weight is 806 g/mol. The molecule has 0 heterocycles. The SMILES string of the molecule is CC/C=C/CC(O)/C=C/C=C/CCCCCCCC(=O)OC[C@H](COP(=O)(O)OCCN)OC(=O)CCCCC/C=C\C/C=C\C/C=C\C/C=C\CCCCC. The molecule has 2 unspecified atom stereocenters. The van der Waals surface area contributed by atoms with Crippen LogP contribution in [0.5, 0.6) is 0 Å². The summed E-state index contributed by atoms with van der Waals surface area (Å²) in [5, 5.41) is 9.86. The van der Waals surface area contributed by atoms with E-state index in [1.165, 1.54) is 25.7 Å². The smallest absolute Gasteiger partial charge is 0.462 e. The maximum atomic E-state index is 12.6. The Morgan fingerprint density at radius 1 is 0.643 bits per heavy atom. The Bertz CT molecular complexity index is 1210. The molecule has 56 heavy (non-hydrogen) atoms. The van der Waals surface area contributed by atoms with Crippen molar-refractivity contribution in [1.29, 1.82) is 0 Å². The van der Waals surface area contributed by atoms with Gasteiger partial charge in [-0.1, -0.05) is 137 Å². The highest BCUT2D eigenvalue weighted by molar-refractivity contribution is 7.47. The molecule has 0 aromatic heterocycles. The Balaban J connectivity index is 4.32. The van der Waals surface area contributed by atoms with Crippen molar-refractivity contribution >= 4 is 19.8 Å². The molecule has 0 aromatic carbocycles. The largest absolute Gasteiger partial charge is 0.472 e. The van der Waals surface area contributed by atoms with Crippen LogP contribution in [0.3, 0.4) is 0 Å². The van der Waals surface area contributed by atoms with Crippen molar-refractivity contribution in [2.75, 3.05) is 26.4 Å². The first-order valence-corrected chi connectivity index (χ1v) is 22.7. The van der Waals surface area contributed by atoms with Crippen LogP contribution in [0.25, 0.3) is 0 Å². The van der Waals surface area contributed by atoms with E-state index in [1.807, 2.05) is 24.3 Å². The molecular formula is C45H76NO9P. The highest BCUT2D eigenvalue weighted by Crippen LogP contribution is 2.43. The van der Waals surface area contributed by atoms with E-state index in [-0.39, 0.29) is 32.6 Å². The Hall–Kier alpha value is -2.85. The third-order valence-corrected chi connectivity index (χ3v) is 9.33. The molecule has 0 radical (unpaired) electrons. The third kappa shape index (κ3) is 39.4. The van der Waals surface area contributed by atoms with E-state index < -0.39 is 38.6 Å². The minimum atomic E-state index is -4.41. The van der Waals surface area contributed by atoms with E-state index in [0.29, 0.717) is 19.3 Å². The van der Waals surface area contributed by atoms with Gasteiger partial charge in [0.05, 0.1) is 19.3 Å². The van der Waals surface area contributed by atoms with Gasteiger partial charge in [0.2, 0.25) is 0 Å². The molecule has 10 nitrogen and oxygen atoms in total. The number of aliphatic hydroxyl groups excluding tert-OH is 1. The highest BCUT2D eigenvalue weighted by atomic mass is 31.2. The number of carbonyl (C=O) groups is 2. The predicted molar refractivity (Wildman–Crippen MR) is 230 cm³/mol. The van der Waals surface area contributed by atoms with Crippen LogP contribution < -0.4 is 5.73 Å². The molecule has 3 atom stereocenters. The molecule has 320 valence electrons. The third-order valence-electron chi connectivity index (χ3n) is 8.35. The van der Waals surface area contributed by atoms with E-state index in [1.54, 1.807) is 6.08 Å². The molecule has 0 bridgehead atoms. The molecule has 11 heteroatoms. The van der Waals surface area contributed by atoms with Gasteiger partial charge in [-0.05, 0) is 83.5 Å². The maximum Gasteiger partial charge on any atom is 0.472 e. The zero-order valence-corrected chi connectivity index (χ0v) is 35.6. The van der Waals surface area contributed by atoms with Gasteiger partial charge in [0, 0.05) is 19.4 Å². The van der Waals surface area contributed by atoms with Crippen molar-refractivity contribution < 1.29 is 42.7 Å². The number of phosphoric ester groups is 1. The number of hydrogen-bond donors (Lipinski definition) is 3. The van der Waals surface area contributed by atoms with Crippen LogP contribution in [0.15, 0.2) is 85.1 Å². The quantitative estimate of drug-likeness (QED) is 0.0180. The first kappa shape index (κ1) is 53.1. The summed E-state index contributed by atoms with van der Waals surface area (Å²) in [5.74, 6) is -0.928. The Morgan fingerprint density at radius 3 is 1.82 bits per heavy atom. The number of allylic oxidation sites excluding steroid dienone is 12. The molecule has 0 spiro atoms. The summed E-state index contributed by atoms with van der Waals surface area (Å²) in [6, 6.07) is 0. The number of nitrogens with two attached hydrogens (primary N) is 1. The summed E-state index contributed by atoms with van der Waals surface area (Å²) < 4.78 is 32.7. The minimum Gasteiger partial charge on any atom is -0.462 e. The van der Waals surface area contributed by atoms with Gasteiger partial charge >= 0.3 is 19.8 Å².